The maximum atomic E-state index is 12.0. The largest absolute Gasteiger partial charge is 0.490 e. The number of methoxy groups -OCH3 is 1. The summed E-state index contributed by atoms with van der Waals surface area (Å²) in [6.07, 6.45) is 1.97. The number of nitrogens with zero attached hydrogens (tertiary/aromatic N) is 5. The molecule has 11 heteroatoms. The predicted molar refractivity (Wildman–Crippen MR) is 137 cm³/mol. The quantitative estimate of drug-likeness (QED) is 0.405. The van der Waals surface area contributed by atoms with Crippen molar-refractivity contribution < 1.29 is 9.53 Å². The van der Waals surface area contributed by atoms with E-state index in [1.807, 2.05) is 37.3 Å². The highest BCUT2D eigenvalue weighted by molar-refractivity contribution is 7.99. The fourth-order valence-electron chi connectivity index (χ4n) is 3.87. The van der Waals surface area contributed by atoms with Gasteiger partial charge in [-0.3, -0.25) is 9.89 Å². The molecule has 1 aliphatic carbocycles. The van der Waals surface area contributed by atoms with Crippen molar-refractivity contribution in [2.45, 2.75) is 29.8 Å². The molecule has 0 radical (unpaired) electrons. The summed E-state index contributed by atoms with van der Waals surface area (Å²) in [6.45, 7) is 5.55. The molecular formula is C24H30N8O2S. The second kappa shape index (κ2) is 10.1. The number of aryl methyl sites for hydroxylation is 1. The first-order chi connectivity index (χ1) is 17.0. The van der Waals surface area contributed by atoms with Crippen molar-refractivity contribution in [1.82, 2.24) is 25.1 Å². The minimum atomic E-state index is 0.102. The van der Waals surface area contributed by atoms with Crippen LogP contribution in [0.3, 0.4) is 0 Å². The Kier molecular flexibility index (Phi) is 6.78. The SMILES string of the molecule is COc1c(Nc2cc(C)[nH]n2)nc(Sc2ccc(NC(=O)C3CC3)cc2)nc1N1CCN(C)CC1. The molecule has 1 saturated carbocycles. The summed E-state index contributed by atoms with van der Waals surface area (Å²) in [4.78, 5) is 27.2. The van der Waals surface area contributed by atoms with Gasteiger partial charge in [0, 0.05) is 54.4 Å². The third kappa shape index (κ3) is 5.68. The van der Waals surface area contributed by atoms with E-state index in [0.717, 1.165) is 61.1 Å². The van der Waals surface area contributed by atoms with E-state index in [1.54, 1.807) is 7.11 Å². The topological polar surface area (TPSA) is 111 Å². The number of nitrogens with one attached hydrogen (secondary N) is 3. The van der Waals surface area contributed by atoms with Crippen LogP contribution in [0, 0.1) is 12.8 Å². The third-order valence-corrected chi connectivity index (χ3v) is 6.94. The minimum Gasteiger partial charge on any atom is -0.490 e. The van der Waals surface area contributed by atoms with Crippen molar-refractivity contribution in [2.24, 2.45) is 5.92 Å². The summed E-state index contributed by atoms with van der Waals surface area (Å²) in [6, 6.07) is 9.69. The molecular weight excluding hydrogens is 464 g/mol. The van der Waals surface area contributed by atoms with Gasteiger partial charge in [-0.15, -0.1) is 0 Å². The normalized spacial score (nSPS) is 16.3. The summed E-state index contributed by atoms with van der Waals surface area (Å²) >= 11 is 1.47. The van der Waals surface area contributed by atoms with Gasteiger partial charge in [-0.05, 0) is 62.8 Å². The average molecular weight is 495 g/mol. The highest BCUT2D eigenvalue weighted by Gasteiger charge is 2.29. The van der Waals surface area contributed by atoms with Gasteiger partial charge in [0.1, 0.15) is 0 Å². The second-order valence-electron chi connectivity index (χ2n) is 8.95. The van der Waals surface area contributed by atoms with Crippen LogP contribution >= 0.6 is 11.8 Å². The molecule has 2 aromatic heterocycles. The van der Waals surface area contributed by atoms with Crippen LogP contribution in [-0.2, 0) is 4.79 Å². The fourth-order valence-corrected chi connectivity index (χ4v) is 4.63. The average Bonchev–Trinajstić information content (AvgIpc) is 3.63. The lowest BCUT2D eigenvalue weighted by Gasteiger charge is -2.34. The van der Waals surface area contributed by atoms with Crippen LogP contribution in [0.15, 0.2) is 40.4 Å². The summed E-state index contributed by atoms with van der Waals surface area (Å²) in [5.74, 6) is 2.87. The Labute approximate surface area is 208 Å². The highest BCUT2D eigenvalue weighted by Crippen LogP contribution is 2.38. The molecule has 0 atom stereocenters. The zero-order valence-corrected chi connectivity index (χ0v) is 21.0. The van der Waals surface area contributed by atoms with Gasteiger partial charge in [0.2, 0.25) is 11.7 Å². The number of likely N-dealkylation sites (N-methyl/N-ethyl adjacent to an activating group) is 1. The van der Waals surface area contributed by atoms with Gasteiger partial charge in [0.05, 0.1) is 7.11 Å². The maximum absolute atomic E-state index is 12.0. The Morgan fingerprint density at radius 3 is 2.51 bits per heavy atom. The lowest BCUT2D eigenvalue weighted by molar-refractivity contribution is -0.117. The molecule has 3 heterocycles. The van der Waals surface area contributed by atoms with Crippen LogP contribution in [0.25, 0.3) is 0 Å². The molecule has 1 aliphatic heterocycles. The first-order valence-corrected chi connectivity index (χ1v) is 12.6. The lowest BCUT2D eigenvalue weighted by atomic mass is 10.3. The number of rotatable bonds is 8. The van der Waals surface area contributed by atoms with Crippen molar-refractivity contribution in [3.05, 3.63) is 36.0 Å². The van der Waals surface area contributed by atoms with E-state index in [4.69, 9.17) is 14.7 Å². The molecule has 10 nitrogen and oxygen atoms in total. The number of anilines is 4. The molecule has 1 aromatic carbocycles. The first-order valence-electron chi connectivity index (χ1n) is 11.8. The Morgan fingerprint density at radius 1 is 1.14 bits per heavy atom. The van der Waals surface area contributed by atoms with E-state index in [1.165, 1.54) is 11.8 Å². The molecule has 1 amide bonds. The predicted octanol–water partition coefficient (Wildman–Crippen LogP) is 3.51. The summed E-state index contributed by atoms with van der Waals surface area (Å²) in [5, 5.41) is 14.1. The van der Waals surface area contributed by atoms with Crippen LogP contribution in [-0.4, -0.2) is 71.3 Å². The smallest absolute Gasteiger partial charge is 0.227 e. The van der Waals surface area contributed by atoms with E-state index in [-0.39, 0.29) is 11.8 Å². The lowest BCUT2D eigenvalue weighted by Crippen LogP contribution is -2.45. The molecule has 35 heavy (non-hydrogen) atoms. The van der Waals surface area contributed by atoms with Crippen LogP contribution in [0.5, 0.6) is 5.75 Å². The highest BCUT2D eigenvalue weighted by atomic mass is 32.2. The molecule has 184 valence electrons. The Hall–Kier alpha value is -3.31. The number of benzene rings is 1. The summed E-state index contributed by atoms with van der Waals surface area (Å²) in [7, 11) is 3.76. The number of piperazine rings is 1. The molecule has 2 aliphatic rings. The molecule has 0 bridgehead atoms. The second-order valence-corrected chi connectivity index (χ2v) is 9.99. The zero-order chi connectivity index (χ0) is 24.4. The number of carbonyl (C=O) groups excluding carboxylic acids is 1. The van der Waals surface area contributed by atoms with Crippen molar-refractivity contribution in [3.8, 4) is 5.75 Å². The Balaban J connectivity index is 1.42. The van der Waals surface area contributed by atoms with Gasteiger partial charge in [-0.1, -0.05) is 0 Å². The van der Waals surface area contributed by atoms with E-state index in [0.29, 0.717) is 22.5 Å². The number of hydrogen-bond acceptors (Lipinski definition) is 9. The van der Waals surface area contributed by atoms with Crippen molar-refractivity contribution in [2.75, 3.05) is 55.9 Å². The third-order valence-electron chi connectivity index (χ3n) is 6.07. The molecule has 3 aromatic rings. The molecule has 0 spiro atoms. The van der Waals surface area contributed by atoms with Crippen LogP contribution in [0.1, 0.15) is 18.5 Å². The Morgan fingerprint density at radius 2 is 1.89 bits per heavy atom. The monoisotopic (exact) mass is 494 g/mol. The van der Waals surface area contributed by atoms with Crippen LogP contribution in [0.2, 0.25) is 0 Å². The van der Waals surface area contributed by atoms with Gasteiger partial charge in [0.15, 0.2) is 22.6 Å². The minimum absolute atomic E-state index is 0.102. The van der Waals surface area contributed by atoms with E-state index < -0.39 is 0 Å². The molecule has 2 fully saturated rings. The van der Waals surface area contributed by atoms with Crippen LogP contribution in [0.4, 0.5) is 23.1 Å². The Bertz CT molecular complexity index is 1190. The van der Waals surface area contributed by atoms with E-state index >= 15 is 0 Å². The number of carbonyl (C=O) groups is 1. The van der Waals surface area contributed by atoms with Gasteiger partial charge in [-0.25, -0.2) is 9.97 Å². The van der Waals surface area contributed by atoms with Crippen LogP contribution < -0.4 is 20.3 Å². The number of hydrogen-bond donors (Lipinski definition) is 3. The van der Waals surface area contributed by atoms with E-state index in [9.17, 15) is 4.79 Å². The first kappa shape index (κ1) is 23.4. The van der Waals surface area contributed by atoms with Gasteiger partial charge >= 0.3 is 0 Å². The summed E-state index contributed by atoms with van der Waals surface area (Å²) < 4.78 is 5.79. The number of aromatic amines is 1. The molecule has 0 unspecified atom stereocenters. The van der Waals surface area contributed by atoms with E-state index in [2.05, 4.69) is 37.7 Å². The summed E-state index contributed by atoms with van der Waals surface area (Å²) in [5.41, 5.74) is 1.75. The van der Waals surface area contributed by atoms with Gasteiger partial charge in [0.25, 0.3) is 0 Å². The number of H-pyrrole nitrogens is 1. The number of amides is 1. The molecule has 5 rings (SSSR count). The van der Waals surface area contributed by atoms with Gasteiger partial charge < -0.3 is 25.2 Å². The zero-order valence-electron chi connectivity index (χ0n) is 20.2. The van der Waals surface area contributed by atoms with Crippen molar-refractivity contribution in [1.29, 1.82) is 0 Å². The van der Waals surface area contributed by atoms with Crippen molar-refractivity contribution in [3.63, 3.8) is 0 Å². The molecule has 1 saturated heterocycles. The fraction of sp³-hybridized carbons (Fsp3) is 0.417. The standard InChI is InChI=1S/C24H30N8O2S/c1-15-14-19(30-29-15)26-21-20(34-3)22(32-12-10-31(2)11-13-32)28-24(27-21)35-18-8-6-17(7-9-18)25-23(33)16-4-5-16/h6-9,14,16H,4-5,10-13H2,1-3H3,(H,25,33)(H2,26,27,28,29,30). The van der Waals surface area contributed by atoms with Gasteiger partial charge in [-0.2, -0.15) is 5.10 Å². The van der Waals surface area contributed by atoms with Crippen molar-refractivity contribution >= 4 is 40.8 Å². The number of aromatic nitrogens is 4. The number of ether oxygens (including phenoxy) is 1. The molecule has 3 N–H and O–H groups in total. The maximum Gasteiger partial charge on any atom is 0.227 e.